The molecule has 1 heterocycles. The molecule has 14 heavy (non-hydrogen) atoms. The van der Waals surface area contributed by atoms with Crippen molar-refractivity contribution in [3.8, 4) is 5.69 Å². The van der Waals surface area contributed by atoms with Crippen LogP contribution in [0.15, 0.2) is 35.1 Å². The number of benzene rings is 1. The van der Waals surface area contributed by atoms with Gasteiger partial charge in [0.1, 0.15) is 11.0 Å². The molecule has 0 amide bonds. The number of halogens is 2. The second kappa shape index (κ2) is 3.38. The molecule has 0 aliphatic rings. The van der Waals surface area contributed by atoms with Gasteiger partial charge in [-0.15, -0.1) is 9.53 Å². The summed E-state index contributed by atoms with van der Waals surface area (Å²) in [6.45, 7) is 0. The molecule has 0 aliphatic carbocycles. The van der Waals surface area contributed by atoms with Crippen LogP contribution >= 0.6 is 15.9 Å². The summed E-state index contributed by atoms with van der Waals surface area (Å²) in [5.41, 5.74) is 0.627. The molecular weight excluding hydrogens is 253 g/mol. The average molecular weight is 258 g/mol. The van der Waals surface area contributed by atoms with E-state index in [1.807, 2.05) is 0 Å². The Morgan fingerprint density at radius 1 is 1.36 bits per heavy atom. The summed E-state index contributed by atoms with van der Waals surface area (Å²) >= 11 is 3.02. The zero-order chi connectivity index (χ0) is 10.1. The summed E-state index contributed by atoms with van der Waals surface area (Å²) in [4.78, 5) is 0.434. The van der Waals surface area contributed by atoms with Crippen LogP contribution in [0.2, 0.25) is 0 Å². The Hall–Kier alpha value is -1.43. The first kappa shape index (κ1) is 9.14. The molecule has 72 valence electrons. The smallest absolute Gasteiger partial charge is 0.237 e. The van der Waals surface area contributed by atoms with Crippen LogP contribution in [0.25, 0.3) is 5.69 Å². The lowest BCUT2D eigenvalue weighted by Gasteiger charge is -1.92. The zero-order valence-corrected chi connectivity index (χ0v) is 8.48. The third kappa shape index (κ3) is 1.60. The van der Waals surface area contributed by atoms with Crippen molar-refractivity contribution in [2.75, 3.05) is 0 Å². The Kier molecular flexibility index (Phi) is 2.20. The Balaban J connectivity index is 2.44. The summed E-state index contributed by atoms with van der Waals surface area (Å²) in [7, 11) is 0. The average Bonchev–Trinajstić information content (AvgIpc) is 2.48. The Labute approximate surface area is 87.3 Å². The van der Waals surface area contributed by atoms with Crippen molar-refractivity contribution < 1.29 is 9.24 Å². The SMILES string of the molecule is [O-][n+]1nn(-c2ccc(F)cc2)cc1Br. The summed E-state index contributed by atoms with van der Waals surface area (Å²) < 4.78 is 14.2. The fourth-order valence-electron chi connectivity index (χ4n) is 1.03. The highest BCUT2D eigenvalue weighted by molar-refractivity contribution is 9.10. The van der Waals surface area contributed by atoms with Crippen molar-refractivity contribution in [1.29, 1.82) is 0 Å². The van der Waals surface area contributed by atoms with Crippen LogP contribution in [-0.4, -0.2) is 9.90 Å². The van der Waals surface area contributed by atoms with Crippen LogP contribution in [-0.2, 0) is 0 Å². The van der Waals surface area contributed by atoms with Gasteiger partial charge in [0.15, 0.2) is 11.9 Å². The molecule has 0 bridgehead atoms. The van der Waals surface area contributed by atoms with Gasteiger partial charge < -0.3 is 5.21 Å². The van der Waals surface area contributed by atoms with Crippen LogP contribution < -0.4 is 4.85 Å². The zero-order valence-electron chi connectivity index (χ0n) is 6.89. The Morgan fingerprint density at radius 3 is 2.50 bits per heavy atom. The van der Waals surface area contributed by atoms with E-state index in [-0.39, 0.29) is 5.82 Å². The van der Waals surface area contributed by atoms with E-state index in [1.54, 1.807) is 0 Å². The molecule has 2 aromatic rings. The molecule has 1 aromatic carbocycles. The lowest BCUT2D eigenvalue weighted by Crippen LogP contribution is -2.30. The van der Waals surface area contributed by atoms with E-state index in [1.165, 1.54) is 35.1 Å². The monoisotopic (exact) mass is 257 g/mol. The maximum absolute atomic E-state index is 12.6. The molecule has 1 aromatic heterocycles. The van der Waals surface area contributed by atoms with Crippen LogP contribution in [0, 0.1) is 11.0 Å². The van der Waals surface area contributed by atoms with Gasteiger partial charge in [0.05, 0.1) is 0 Å². The van der Waals surface area contributed by atoms with Gasteiger partial charge in [-0.3, -0.25) is 0 Å². The predicted molar refractivity (Wildman–Crippen MR) is 50.2 cm³/mol. The Morgan fingerprint density at radius 2 is 2.00 bits per heavy atom. The normalized spacial score (nSPS) is 10.4. The van der Waals surface area contributed by atoms with E-state index in [0.29, 0.717) is 15.1 Å². The van der Waals surface area contributed by atoms with E-state index in [4.69, 9.17) is 0 Å². The van der Waals surface area contributed by atoms with Crippen LogP contribution in [0.3, 0.4) is 0 Å². The number of hydrogen-bond acceptors (Lipinski definition) is 2. The van der Waals surface area contributed by atoms with Crippen molar-refractivity contribution in [3.63, 3.8) is 0 Å². The summed E-state index contributed by atoms with van der Waals surface area (Å²) in [6, 6.07) is 5.68. The largest absolute Gasteiger partial charge is 0.690 e. The molecule has 0 saturated carbocycles. The molecule has 0 N–H and O–H groups in total. The van der Waals surface area contributed by atoms with Gasteiger partial charge in [-0.2, -0.15) is 0 Å². The molecule has 0 atom stereocenters. The number of nitrogens with zero attached hydrogens (tertiary/aromatic N) is 3. The summed E-state index contributed by atoms with van der Waals surface area (Å²) in [6.07, 6.45) is 1.50. The molecular formula is C8H5BrFN3O. The molecule has 6 heteroatoms. The minimum Gasteiger partial charge on any atom is -0.690 e. The quantitative estimate of drug-likeness (QED) is 0.573. The molecule has 0 saturated heterocycles. The van der Waals surface area contributed by atoms with Crippen molar-refractivity contribution in [2.45, 2.75) is 0 Å². The van der Waals surface area contributed by atoms with Gasteiger partial charge in [0, 0.05) is 15.9 Å². The molecule has 2 rings (SSSR count). The van der Waals surface area contributed by atoms with Crippen molar-refractivity contribution in [3.05, 3.63) is 46.1 Å². The van der Waals surface area contributed by atoms with Gasteiger partial charge in [-0.25, -0.2) is 4.39 Å². The topological polar surface area (TPSA) is 44.8 Å². The highest BCUT2D eigenvalue weighted by Crippen LogP contribution is 2.09. The third-order valence-corrected chi connectivity index (χ3v) is 2.19. The molecule has 0 spiro atoms. The summed E-state index contributed by atoms with van der Waals surface area (Å²) in [5.74, 6) is -0.324. The maximum atomic E-state index is 12.6. The van der Waals surface area contributed by atoms with Crippen LogP contribution in [0.1, 0.15) is 0 Å². The fourth-order valence-corrected chi connectivity index (χ4v) is 1.29. The van der Waals surface area contributed by atoms with Gasteiger partial charge in [0.2, 0.25) is 4.60 Å². The minimum absolute atomic E-state index is 0.307. The third-order valence-electron chi connectivity index (χ3n) is 1.68. The number of rotatable bonds is 1. The van der Waals surface area contributed by atoms with Gasteiger partial charge in [-0.1, -0.05) is 0 Å². The summed E-state index contributed by atoms with van der Waals surface area (Å²) in [5, 5.41) is 14.6. The van der Waals surface area contributed by atoms with E-state index in [0.717, 1.165) is 0 Å². The second-order valence-electron chi connectivity index (χ2n) is 2.64. The molecule has 0 aliphatic heterocycles. The highest BCUT2D eigenvalue weighted by Gasteiger charge is 2.09. The second-order valence-corrected chi connectivity index (χ2v) is 3.45. The van der Waals surface area contributed by atoms with Crippen molar-refractivity contribution >= 4 is 15.9 Å². The van der Waals surface area contributed by atoms with Gasteiger partial charge >= 0.3 is 0 Å². The first-order valence-electron chi connectivity index (χ1n) is 3.78. The number of aromatic nitrogens is 3. The van der Waals surface area contributed by atoms with Crippen molar-refractivity contribution in [1.82, 2.24) is 9.90 Å². The molecule has 0 fully saturated rings. The highest BCUT2D eigenvalue weighted by atomic mass is 79.9. The first-order valence-corrected chi connectivity index (χ1v) is 4.57. The lowest BCUT2D eigenvalue weighted by molar-refractivity contribution is -0.680. The predicted octanol–water partition coefficient (Wildman–Crippen LogP) is 1.41. The number of hydrogen-bond donors (Lipinski definition) is 0. The first-order chi connectivity index (χ1) is 6.66. The van der Waals surface area contributed by atoms with Crippen LogP contribution in [0.5, 0.6) is 0 Å². The molecule has 0 radical (unpaired) electrons. The minimum atomic E-state index is -0.324. The molecule has 4 nitrogen and oxygen atoms in total. The standard InChI is InChI=1S/C8H5BrFN3O/c9-8-5-12(11-13(8)14)7-3-1-6(10)2-4-7/h1-5H. The fraction of sp³-hybridized carbons (Fsp3) is 0. The van der Waals surface area contributed by atoms with E-state index in [9.17, 15) is 9.60 Å². The maximum Gasteiger partial charge on any atom is 0.237 e. The molecule has 0 unspecified atom stereocenters. The van der Waals surface area contributed by atoms with Crippen molar-refractivity contribution in [2.24, 2.45) is 0 Å². The van der Waals surface area contributed by atoms with Gasteiger partial charge in [-0.05, 0) is 24.3 Å². The lowest BCUT2D eigenvalue weighted by atomic mass is 10.3. The van der Waals surface area contributed by atoms with E-state index in [2.05, 4.69) is 21.1 Å². The van der Waals surface area contributed by atoms with Gasteiger partial charge in [0.25, 0.3) is 0 Å². The van der Waals surface area contributed by atoms with Crippen LogP contribution in [0.4, 0.5) is 4.39 Å². The van der Waals surface area contributed by atoms with E-state index >= 15 is 0 Å². The van der Waals surface area contributed by atoms with E-state index < -0.39 is 0 Å². The Bertz CT molecular complexity index is 435.